The van der Waals surface area contributed by atoms with Gasteiger partial charge in [0.2, 0.25) is 0 Å². The van der Waals surface area contributed by atoms with E-state index in [9.17, 15) is 5.11 Å². The van der Waals surface area contributed by atoms with Crippen molar-refractivity contribution in [1.82, 2.24) is 4.90 Å². The first-order valence-electron chi connectivity index (χ1n) is 8.02. The van der Waals surface area contributed by atoms with E-state index in [-0.39, 0.29) is 6.10 Å². The molecule has 0 bridgehead atoms. The number of piperidine rings is 1. The van der Waals surface area contributed by atoms with Crippen LogP contribution in [0.2, 0.25) is 0 Å². The molecule has 1 N–H and O–H groups in total. The lowest BCUT2D eigenvalue weighted by atomic mass is 9.77. The predicted octanol–water partition coefficient (Wildman–Crippen LogP) is 2.53. The summed E-state index contributed by atoms with van der Waals surface area (Å²) in [5.74, 6) is 2.19. The molecule has 1 heterocycles. The van der Waals surface area contributed by atoms with Crippen molar-refractivity contribution in [2.45, 2.75) is 58.1 Å². The molecule has 1 aliphatic heterocycles. The molecule has 0 aromatic heterocycles. The Bertz CT molecular complexity index is 267. The highest BCUT2D eigenvalue weighted by atomic mass is 16.5. The maximum atomic E-state index is 10.4. The Hall–Kier alpha value is -0.120. The molecule has 0 radical (unpaired) electrons. The molecule has 1 saturated carbocycles. The zero-order valence-corrected chi connectivity index (χ0v) is 12.8. The van der Waals surface area contributed by atoms with Gasteiger partial charge in [0.05, 0.1) is 12.7 Å². The van der Waals surface area contributed by atoms with Gasteiger partial charge in [-0.2, -0.15) is 0 Å². The molecule has 2 aliphatic rings. The third kappa shape index (κ3) is 3.93. The van der Waals surface area contributed by atoms with Gasteiger partial charge in [-0.15, -0.1) is 0 Å². The summed E-state index contributed by atoms with van der Waals surface area (Å²) in [7, 11) is 1.79. The van der Waals surface area contributed by atoms with Gasteiger partial charge in [-0.3, -0.25) is 4.90 Å². The average Bonchev–Trinajstić information content (AvgIpc) is 2.39. The maximum absolute atomic E-state index is 10.4. The van der Waals surface area contributed by atoms with E-state index in [0.29, 0.717) is 12.0 Å². The molecule has 19 heavy (non-hydrogen) atoms. The van der Waals surface area contributed by atoms with Crippen molar-refractivity contribution in [2.75, 3.05) is 26.8 Å². The van der Waals surface area contributed by atoms with E-state index in [2.05, 4.69) is 18.7 Å². The Morgan fingerprint density at radius 2 is 2.05 bits per heavy atom. The molecule has 1 saturated heterocycles. The highest BCUT2D eigenvalue weighted by Crippen LogP contribution is 2.34. The topological polar surface area (TPSA) is 32.7 Å². The lowest BCUT2D eigenvalue weighted by Gasteiger charge is -2.45. The van der Waals surface area contributed by atoms with Crippen molar-refractivity contribution in [3.63, 3.8) is 0 Å². The Labute approximate surface area is 118 Å². The number of methoxy groups -OCH3 is 1. The lowest BCUT2D eigenvalue weighted by molar-refractivity contribution is -0.0280. The van der Waals surface area contributed by atoms with Crippen LogP contribution in [0.1, 0.15) is 46.0 Å². The van der Waals surface area contributed by atoms with Crippen LogP contribution in [0.3, 0.4) is 0 Å². The zero-order chi connectivity index (χ0) is 13.8. The van der Waals surface area contributed by atoms with E-state index in [4.69, 9.17) is 4.74 Å². The first-order valence-corrected chi connectivity index (χ1v) is 8.02. The van der Waals surface area contributed by atoms with Crippen molar-refractivity contribution in [1.29, 1.82) is 0 Å². The number of hydrogen-bond donors (Lipinski definition) is 1. The average molecular weight is 269 g/mol. The predicted molar refractivity (Wildman–Crippen MR) is 78.1 cm³/mol. The molecule has 3 nitrogen and oxygen atoms in total. The van der Waals surface area contributed by atoms with Crippen molar-refractivity contribution in [3.05, 3.63) is 0 Å². The minimum Gasteiger partial charge on any atom is -0.391 e. The lowest BCUT2D eigenvalue weighted by Crippen LogP contribution is -2.52. The fraction of sp³-hybridized carbons (Fsp3) is 1.00. The van der Waals surface area contributed by atoms with Crippen LogP contribution in [0.15, 0.2) is 0 Å². The molecule has 0 aromatic carbocycles. The van der Waals surface area contributed by atoms with Crippen molar-refractivity contribution >= 4 is 0 Å². The molecule has 0 spiro atoms. The van der Waals surface area contributed by atoms with Gasteiger partial charge < -0.3 is 9.84 Å². The monoisotopic (exact) mass is 269 g/mol. The highest BCUT2D eigenvalue weighted by Gasteiger charge is 2.36. The van der Waals surface area contributed by atoms with Gasteiger partial charge >= 0.3 is 0 Å². The number of ether oxygens (including phenoxy) is 1. The Morgan fingerprint density at radius 3 is 2.74 bits per heavy atom. The van der Waals surface area contributed by atoms with E-state index in [1.54, 1.807) is 7.11 Å². The summed E-state index contributed by atoms with van der Waals surface area (Å²) in [4.78, 5) is 2.55. The van der Waals surface area contributed by atoms with Gasteiger partial charge in [0, 0.05) is 19.7 Å². The van der Waals surface area contributed by atoms with Gasteiger partial charge in [-0.1, -0.05) is 13.8 Å². The maximum Gasteiger partial charge on any atom is 0.0695 e. The molecule has 112 valence electrons. The number of rotatable bonds is 4. The summed E-state index contributed by atoms with van der Waals surface area (Å²) in [5, 5.41) is 10.4. The molecule has 1 aliphatic carbocycles. The minimum atomic E-state index is -0.115. The van der Waals surface area contributed by atoms with Gasteiger partial charge in [0.15, 0.2) is 0 Å². The molecule has 0 aromatic rings. The molecule has 2 fully saturated rings. The third-order valence-corrected chi connectivity index (χ3v) is 5.19. The van der Waals surface area contributed by atoms with Gasteiger partial charge in [-0.25, -0.2) is 0 Å². The quantitative estimate of drug-likeness (QED) is 0.851. The van der Waals surface area contributed by atoms with Crippen molar-refractivity contribution in [3.8, 4) is 0 Å². The summed E-state index contributed by atoms with van der Waals surface area (Å²) in [5.41, 5.74) is 0. The van der Waals surface area contributed by atoms with Crippen LogP contribution in [0.25, 0.3) is 0 Å². The van der Waals surface area contributed by atoms with Gasteiger partial charge in [0.25, 0.3) is 0 Å². The Morgan fingerprint density at radius 1 is 1.26 bits per heavy atom. The van der Waals surface area contributed by atoms with Crippen LogP contribution in [-0.4, -0.2) is 49.0 Å². The second kappa shape index (κ2) is 7.05. The molecule has 4 atom stereocenters. The second-order valence-electron chi connectivity index (χ2n) is 6.91. The SMILES string of the molecule is COCC1CCCN(C2CC(C(C)C)CCC2O)C1. The van der Waals surface area contributed by atoms with Crippen LogP contribution >= 0.6 is 0 Å². The molecule has 3 heteroatoms. The van der Waals surface area contributed by atoms with Crippen LogP contribution in [-0.2, 0) is 4.74 Å². The molecular formula is C16H31NO2. The van der Waals surface area contributed by atoms with Gasteiger partial charge in [-0.05, 0) is 56.4 Å². The summed E-state index contributed by atoms with van der Waals surface area (Å²) in [6.07, 6.45) is 5.78. The van der Waals surface area contributed by atoms with Crippen LogP contribution in [0.5, 0.6) is 0 Å². The fourth-order valence-electron chi connectivity index (χ4n) is 3.93. The summed E-state index contributed by atoms with van der Waals surface area (Å²) in [6.45, 7) is 7.78. The Kier molecular flexibility index (Phi) is 5.67. The second-order valence-corrected chi connectivity index (χ2v) is 6.91. The van der Waals surface area contributed by atoms with Crippen LogP contribution < -0.4 is 0 Å². The van der Waals surface area contributed by atoms with Gasteiger partial charge in [0.1, 0.15) is 0 Å². The standard InChI is InChI=1S/C16H31NO2/c1-12(2)14-6-7-16(18)15(9-14)17-8-4-5-13(10-17)11-19-3/h12-16,18H,4-11H2,1-3H3. The number of hydrogen-bond acceptors (Lipinski definition) is 3. The zero-order valence-electron chi connectivity index (χ0n) is 12.8. The summed E-state index contributed by atoms with van der Waals surface area (Å²) >= 11 is 0. The fourth-order valence-corrected chi connectivity index (χ4v) is 3.93. The largest absolute Gasteiger partial charge is 0.391 e. The number of aliphatic hydroxyl groups is 1. The molecular weight excluding hydrogens is 238 g/mol. The first kappa shape index (κ1) is 15.3. The van der Waals surface area contributed by atoms with Crippen molar-refractivity contribution < 1.29 is 9.84 Å². The first-order chi connectivity index (χ1) is 9.11. The number of nitrogens with zero attached hydrogens (tertiary/aromatic N) is 1. The van der Waals surface area contributed by atoms with E-state index in [1.165, 1.54) is 25.7 Å². The molecule has 4 unspecified atom stereocenters. The molecule has 2 rings (SSSR count). The van der Waals surface area contributed by atoms with E-state index >= 15 is 0 Å². The number of likely N-dealkylation sites (tertiary alicyclic amines) is 1. The van der Waals surface area contributed by atoms with Crippen molar-refractivity contribution in [2.24, 2.45) is 17.8 Å². The highest BCUT2D eigenvalue weighted by molar-refractivity contribution is 4.90. The minimum absolute atomic E-state index is 0.115. The van der Waals surface area contributed by atoms with Crippen LogP contribution in [0, 0.1) is 17.8 Å². The molecule has 0 amide bonds. The third-order valence-electron chi connectivity index (χ3n) is 5.19. The van der Waals surface area contributed by atoms with E-state index in [0.717, 1.165) is 38.0 Å². The van der Waals surface area contributed by atoms with E-state index in [1.807, 2.05) is 0 Å². The van der Waals surface area contributed by atoms with Crippen LogP contribution in [0.4, 0.5) is 0 Å². The smallest absolute Gasteiger partial charge is 0.0695 e. The normalized spacial score (nSPS) is 37.7. The summed E-state index contributed by atoms with van der Waals surface area (Å²) in [6, 6.07) is 0.390. The van der Waals surface area contributed by atoms with E-state index < -0.39 is 0 Å². The Balaban J connectivity index is 1.94. The number of aliphatic hydroxyl groups excluding tert-OH is 1. The summed E-state index contributed by atoms with van der Waals surface area (Å²) < 4.78 is 5.31.